The zero-order chi connectivity index (χ0) is 7.84. The second kappa shape index (κ2) is 2.02. The average molecular weight is 151 g/mol. The third-order valence-corrected chi connectivity index (χ3v) is 1.56. The lowest BCUT2D eigenvalue weighted by molar-refractivity contribution is 0.559. The van der Waals surface area contributed by atoms with Crippen LogP contribution in [0.25, 0.3) is 5.65 Å². The Balaban J connectivity index is 2.96. The minimum Gasteiger partial charge on any atom is -0.273 e. The molecule has 0 N–H and O–H groups in total. The van der Waals surface area contributed by atoms with E-state index in [1.54, 1.807) is 19.3 Å². The van der Waals surface area contributed by atoms with Crippen molar-refractivity contribution in [2.75, 3.05) is 0 Å². The summed E-state index contributed by atoms with van der Waals surface area (Å²) in [6.45, 7) is 1.79. The van der Waals surface area contributed by atoms with E-state index in [4.69, 9.17) is 0 Å². The summed E-state index contributed by atoms with van der Waals surface area (Å²) in [4.78, 5) is 7.76. The van der Waals surface area contributed by atoms with Crippen molar-refractivity contribution in [3.05, 3.63) is 30.2 Å². The number of imidazole rings is 1. The molecule has 0 aliphatic heterocycles. The molecule has 0 atom stereocenters. The van der Waals surface area contributed by atoms with Gasteiger partial charge >= 0.3 is 0 Å². The van der Waals surface area contributed by atoms with Crippen LogP contribution in [0.5, 0.6) is 0 Å². The van der Waals surface area contributed by atoms with Crippen molar-refractivity contribution in [1.82, 2.24) is 14.4 Å². The van der Waals surface area contributed by atoms with E-state index in [-0.39, 0.29) is 5.95 Å². The van der Waals surface area contributed by atoms with E-state index in [0.29, 0.717) is 5.65 Å². The molecule has 0 aromatic carbocycles. The van der Waals surface area contributed by atoms with E-state index in [9.17, 15) is 4.39 Å². The van der Waals surface area contributed by atoms with Gasteiger partial charge in [-0.05, 0) is 6.92 Å². The molecule has 0 amide bonds. The van der Waals surface area contributed by atoms with E-state index >= 15 is 0 Å². The summed E-state index contributed by atoms with van der Waals surface area (Å²) >= 11 is 0. The Kier molecular flexibility index (Phi) is 1.15. The first-order valence-electron chi connectivity index (χ1n) is 3.23. The van der Waals surface area contributed by atoms with Crippen molar-refractivity contribution in [2.45, 2.75) is 6.92 Å². The third kappa shape index (κ3) is 0.790. The minimum absolute atomic E-state index is 0.386. The van der Waals surface area contributed by atoms with Gasteiger partial charge in [-0.2, -0.15) is 4.39 Å². The van der Waals surface area contributed by atoms with Gasteiger partial charge in [0, 0.05) is 12.4 Å². The number of rotatable bonds is 0. The molecule has 0 saturated carbocycles. The molecule has 4 heteroatoms. The van der Waals surface area contributed by atoms with Gasteiger partial charge in [-0.1, -0.05) is 0 Å². The second-order valence-electron chi connectivity index (χ2n) is 2.29. The lowest BCUT2D eigenvalue weighted by Crippen LogP contribution is -1.95. The van der Waals surface area contributed by atoms with E-state index < -0.39 is 0 Å². The monoisotopic (exact) mass is 151 g/mol. The fourth-order valence-electron chi connectivity index (χ4n) is 1.01. The fourth-order valence-corrected chi connectivity index (χ4v) is 1.01. The summed E-state index contributed by atoms with van der Waals surface area (Å²) in [7, 11) is 0. The van der Waals surface area contributed by atoms with Crippen LogP contribution in [0.4, 0.5) is 4.39 Å². The summed E-state index contributed by atoms with van der Waals surface area (Å²) in [6, 6.07) is 0. The number of nitrogens with zero attached hydrogens (tertiary/aromatic N) is 3. The molecule has 2 aromatic heterocycles. The first-order chi connectivity index (χ1) is 5.29. The van der Waals surface area contributed by atoms with Crippen LogP contribution in [-0.4, -0.2) is 14.4 Å². The highest BCUT2D eigenvalue weighted by Crippen LogP contribution is 2.05. The quantitative estimate of drug-likeness (QED) is 0.565. The van der Waals surface area contributed by atoms with Crippen molar-refractivity contribution in [3.63, 3.8) is 0 Å². The molecule has 0 aliphatic rings. The van der Waals surface area contributed by atoms with Gasteiger partial charge < -0.3 is 0 Å². The maximum atomic E-state index is 12.9. The van der Waals surface area contributed by atoms with E-state index in [1.165, 1.54) is 10.6 Å². The minimum atomic E-state index is -0.386. The summed E-state index contributed by atoms with van der Waals surface area (Å²) in [6.07, 6.45) is 4.30. The molecule has 0 aliphatic carbocycles. The largest absolute Gasteiger partial charge is 0.273 e. The molecule has 2 aromatic rings. The lowest BCUT2D eigenvalue weighted by Gasteiger charge is -1.96. The summed E-state index contributed by atoms with van der Waals surface area (Å²) in [5.74, 6) is -0.386. The van der Waals surface area contributed by atoms with Gasteiger partial charge in [0.1, 0.15) is 0 Å². The number of aryl methyl sites for hydroxylation is 1. The smallest absolute Gasteiger partial charge is 0.217 e. The molecular formula is C7H6FN3. The van der Waals surface area contributed by atoms with Gasteiger partial charge in [0.25, 0.3) is 0 Å². The molecule has 0 radical (unpaired) electrons. The highest BCUT2D eigenvalue weighted by Gasteiger charge is 2.02. The van der Waals surface area contributed by atoms with Crippen LogP contribution in [0.15, 0.2) is 18.6 Å². The average Bonchev–Trinajstić information content (AvgIpc) is 2.45. The molecular weight excluding hydrogens is 145 g/mol. The maximum Gasteiger partial charge on any atom is 0.217 e. The molecule has 0 bridgehead atoms. The van der Waals surface area contributed by atoms with Gasteiger partial charge in [-0.15, -0.1) is 0 Å². The van der Waals surface area contributed by atoms with Crippen LogP contribution in [0.2, 0.25) is 0 Å². The van der Waals surface area contributed by atoms with Crippen LogP contribution in [0, 0.1) is 12.9 Å². The lowest BCUT2D eigenvalue weighted by atomic mass is 10.5. The normalized spacial score (nSPS) is 10.7. The number of aromatic nitrogens is 3. The van der Waals surface area contributed by atoms with Gasteiger partial charge in [-0.3, -0.25) is 9.38 Å². The summed E-state index contributed by atoms with van der Waals surface area (Å²) in [5, 5.41) is 0. The molecule has 2 heterocycles. The van der Waals surface area contributed by atoms with Crippen LogP contribution in [0.1, 0.15) is 5.69 Å². The predicted molar refractivity (Wildman–Crippen MR) is 37.7 cm³/mol. The van der Waals surface area contributed by atoms with Gasteiger partial charge in [0.15, 0.2) is 5.65 Å². The Bertz CT molecular complexity index is 357. The van der Waals surface area contributed by atoms with Crippen molar-refractivity contribution in [3.8, 4) is 0 Å². The number of hydrogen-bond donors (Lipinski definition) is 0. The third-order valence-electron chi connectivity index (χ3n) is 1.56. The van der Waals surface area contributed by atoms with Crippen LogP contribution in [0.3, 0.4) is 0 Å². The van der Waals surface area contributed by atoms with E-state index in [2.05, 4.69) is 9.97 Å². The molecule has 0 unspecified atom stereocenters. The second-order valence-corrected chi connectivity index (χ2v) is 2.29. The fraction of sp³-hybridized carbons (Fsp3) is 0.143. The topological polar surface area (TPSA) is 30.2 Å². The van der Waals surface area contributed by atoms with Crippen molar-refractivity contribution in [1.29, 1.82) is 0 Å². The van der Waals surface area contributed by atoms with Crippen molar-refractivity contribution in [2.24, 2.45) is 0 Å². The van der Waals surface area contributed by atoms with Crippen molar-refractivity contribution < 1.29 is 4.39 Å². The van der Waals surface area contributed by atoms with E-state index in [1.807, 2.05) is 0 Å². The Morgan fingerprint density at radius 2 is 2.27 bits per heavy atom. The molecule has 2 rings (SSSR count). The number of fused-ring (bicyclic) bond motifs is 1. The molecule has 0 saturated heterocycles. The van der Waals surface area contributed by atoms with Gasteiger partial charge in [-0.25, -0.2) is 4.98 Å². The summed E-state index contributed by atoms with van der Waals surface area (Å²) < 4.78 is 14.2. The zero-order valence-corrected chi connectivity index (χ0v) is 5.95. The Hall–Kier alpha value is -1.45. The predicted octanol–water partition coefficient (Wildman–Crippen LogP) is 1.18. The molecule has 11 heavy (non-hydrogen) atoms. The highest BCUT2D eigenvalue weighted by molar-refractivity contribution is 5.42. The summed E-state index contributed by atoms with van der Waals surface area (Å²) in [5.41, 5.74) is 1.31. The van der Waals surface area contributed by atoms with Gasteiger partial charge in [0.05, 0.1) is 11.9 Å². The molecule has 56 valence electrons. The number of hydrogen-bond acceptors (Lipinski definition) is 2. The van der Waals surface area contributed by atoms with Crippen molar-refractivity contribution >= 4 is 5.65 Å². The first-order valence-corrected chi connectivity index (χ1v) is 3.23. The maximum absolute atomic E-state index is 12.9. The number of halogens is 1. The molecule has 3 nitrogen and oxygen atoms in total. The van der Waals surface area contributed by atoms with Crippen LogP contribution in [-0.2, 0) is 0 Å². The molecule has 0 fully saturated rings. The SMILES string of the molecule is Cc1ncc(F)n2ccnc12. The highest BCUT2D eigenvalue weighted by atomic mass is 19.1. The van der Waals surface area contributed by atoms with Gasteiger partial charge in [0.2, 0.25) is 5.95 Å². The standard InChI is InChI=1S/C7H6FN3/c1-5-7-9-2-3-11(7)6(8)4-10-5/h2-4H,1H3. The van der Waals surface area contributed by atoms with Crippen LogP contribution < -0.4 is 0 Å². The first kappa shape index (κ1) is 6.27. The Morgan fingerprint density at radius 3 is 3.00 bits per heavy atom. The van der Waals surface area contributed by atoms with Crippen LogP contribution >= 0.6 is 0 Å². The molecule has 0 spiro atoms. The van der Waals surface area contributed by atoms with E-state index in [0.717, 1.165) is 5.69 Å². The Morgan fingerprint density at radius 1 is 1.45 bits per heavy atom. The Labute approximate surface area is 62.5 Å². The zero-order valence-electron chi connectivity index (χ0n) is 5.95.